The zero-order valence-corrected chi connectivity index (χ0v) is 9.73. The Kier molecular flexibility index (Phi) is 2.82. The Morgan fingerprint density at radius 3 is 2.71 bits per heavy atom. The lowest BCUT2D eigenvalue weighted by Gasteiger charge is -2.06. The highest BCUT2D eigenvalue weighted by molar-refractivity contribution is 6.01. The van der Waals surface area contributed by atoms with Gasteiger partial charge in [0.15, 0.2) is 0 Å². The van der Waals surface area contributed by atoms with Gasteiger partial charge in [-0.2, -0.15) is 0 Å². The van der Waals surface area contributed by atoms with Crippen LogP contribution in [0.2, 0.25) is 0 Å². The number of aryl methyl sites for hydroxylation is 1. The fourth-order valence-electron chi connectivity index (χ4n) is 1.52. The van der Waals surface area contributed by atoms with Crippen LogP contribution in [0, 0.1) is 12.3 Å². The first kappa shape index (κ1) is 11.2. The average molecular weight is 227 g/mol. The summed E-state index contributed by atoms with van der Waals surface area (Å²) in [5.74, 6) is 0.363. The summed E-state index contributed by atoms with van der Waals surface area (Å²) in [7, 11) is 0. The van der Waals surface area contributed by atoms with Crippen LogP contribution in [-0.4, -0.2) is 20.7 Å². The van der Waals surface area contributed by atoms with E-state index in [-0.39, 0.29) is 0 Å². The maximum atomic E-state index is 7.62. The van der Waals surface area contributed by atoms with Gasteiger partial charge >= 0.3 is 0 Å². The van der Waals surface area contributed by atoms with Crippen LogP contribution < -0.4 is 5.73 Å². The smallest absolute Gasteiger partial charge is 0.132 e. The highest BCUT2D eigenvalue weighted by atomic mass is 14.8. The molecule has 2 aromatic rings. The Labute approximate surface area is 99.3 Å². The van der Waals surface area contributed by atoms with E-state index < -0.39 is 0 Å². The molecular formula is C12H13N5. The van der Waals surface area contributed by atoms with Crippen LogP contribution in [-0.2, 0) is 0 Å². The molecule has 0 radical (unpaired) electrons. The second kappa shape index (κ2) is 4.29. The van der Waals surface area contributed by atoms with E-state index in [2.05, 4.69) is 15.0 Å². The predicted molar refractivity (Wildman–Crippen MR) is 66.9 cm³/mol. The maximum Gasteiger partial charge on any atom is 0.132 e. The molecule has 5 nitrogen and oxygen atoms in total. The molecule has 0 saturated heterocycles. The molecule has 0 saturated carbocycles. The van der Waals surface area contributed by atoms with Gasteiger partial charge in [-0.25, -0.2) is 9.97 Å². The molecule has 0 aromatic carbocycles. The van der Waals surface area contributed by atoms with E-state index >= 15 is 0 Å². The first-order valence-corrected chi connectivity index (χ1v) is 5.18. The van der Waals surface area contributed by atoms with Crippen molar-refractivity contribution in [2.75, 3.05) is 5.73 Å². The van der Waals surface area contributed by atoms with Crippen molar-refractivity contribution in [3.8, 4) is 11.3 Å². The van der Waals surface area contributed by atoms with E-state index in [1.54, 1.807) is 25.5 Å². The fourth-order valence-corrected chi connectivity index (χ4v) is 1.52. The summed E-state index contributed by atoms with van der Waals surface area (Å²) in [6.45, 7) is 3.56. The largest absolute Gasteiger partial charge is 0.383 e. The van der Waals surface area contributed by atoms with E-state index in [4.69, 9.17) is 11.1 Å². The lowest BCUT2D eigenvalue weighted by atomic mass is 10.1. The van der Waals surface area contributed by atoms with Crippen LogP contribution in [0.15, 0.2) is 24.7 Å². The minimum atomic E-state index is 0.363. The molecule has 0 unspecified atom stereocenters. The van der Waals surface area contributed by atoms with Gasteiger partial charge in [0, 0.05) is 29.2 Å². The molecule has 0 bridgehead atoms. The lowest BCUT2D eigenvalue weighted by Crippen LogP contribution is -2.03. The van der Waals surface area contributed by atoms with Gasteiger partial charge in [0.05, 0.1) is 17.6 Å². The third kappa shape index (κ3) is 2.28. The van der Waals surface area contributed by atoms with Gasteiger partial charge in [-0.05, 0) is 19.9 Å². The minimum absolute atomic E-state index is 0.363. The Morgan fingerprint density at radius 1 is 1.29 bits per heavy atom. The number of pyridine rings is 1. The molecule has 0 aliphatic heterocycles. The average Bonchev–Trinajstić information content (AvgIpc) is 2.29. The number of hydrogen-bond donors (Lipinski definition) is 2. The molecule has 3 N–H and O–H groups in total. The van der Waals surface area contributed by atoms with Gasteiger partial charge in [-0.3, -0.25) is 4.98 Å². The van der Waals surface area contributed by atoms with E-state index in [0.29, 0.717) is 17.1 Å². The van der Waals surface area contributed by atoms with Gasteiger partial charge < -0.3 is 11.1 Å². The first-order valence-electron chi connectivity index (χ1n) is 5.18. The molecule has 5 heteroatoms. The quantitative estimate of drug-likeness (QED) is 0.766. The van der Waals surface area contributed by atoms with Crippen molar-refractivity contribution in [2.24, 2.45) is 0 Å². The van der Waals surface area contributed by atoms with Crippen molar-refractivity contribution in [3.05, 3.63) is 35.9 Å². The zero-order chi connectivity index (χ0) is 12.4. The van der Waals surface area contributed by atoms with Gasteiger partial charge in [-0.1, -0.05) is 0 Å². The molecule has 0 fully saturated rings. The van der Waals surface area contributed by atoms with Gasteiger partial charge in [0.1, 0.15) is 5.82 Å². The summed E-state index contributed by atoms with van der Waals surface area (Å²) in [5.41, 5.74) is 9.12. The number of anilines is 1. The van der Waals surface area contributed by atoms with Crippen molar-refractivity contribution < 1.29 is 0 Å². The van der Waals surface area contributed by atoms with Crippen molar-refractivity contribution in [3.63, 3.8) is 0 Å². The molecule has 86 valence electrons. The fraction of sp³-hybridized carbons (Fsp3) is 0.167. The topological polar surface area (TPSA) is 88.5 Å². The third-order valence-electron chi connectivity index (χ3n) is 2.37. The van der Waals surface area contributed by atoms with Crippen molar-refractivity contribution >= 4 is 11.5 Å². The van der Waals surface area contributed by atoms with Crippen LogP contribution in [0.4, 0.5) is 5.82 Å². The normalized spacial score (nSPS) is 10.2. The van der Waals surface area contributed by atoms with Gasteiger partial charge in [-0.15, -0.1) is 0 Å². The molecule has 0 atom stereocenters. The second-order valence-corrected chi connectivity index (χ2v) is 3.83. The van der Waals surface area contributed by atoms with Crippen LogP contribution in [0.1, 0.15) is 18.2 Å². The monoisotopic (exact) mass is 227 g/mol. The summed E-state index contributed by atoms with van der Waals surface area (Å²) in [6, 6.07) is 1.81. The predicted octanol–water partition coefficient (Wildman–Crippen LogP) is 1.82. The van der Waals surface area contributed by atoms with E-state index in [9.17, 15) is 0 Å². The van der Waals surface area contributed by atoms with E-state index in [1.807, 2.05) is 13.0 Å². The number of nitrogens with two attached hydrogens (primary N) is 1. The highest BCUT2D eigenvalue weighted by Gasteiger charge is 2.07. The molecule has 2 heterocycles. The maximum absolute atomic E-state index is 7.62. The summed E-state index contributed by atoms with van der Waals surface area (Å²) >= 11 is 0. The Morgan fingerprint density at radius 2 is 2.06 bits per heavy atom. The Hall–Kier alpha value is -2.30. The Balaban J connectivity index is 2.54. The van der Waals surface area contributed by atoms with E-state index in [0.717, 1.165) is 17.0 Å². The molecule has 2 rings (SSSR count). The third-order valence-corrected chi connectivity index (χ3v) is 2.37. The zero-order valence-electron chi connectivity index (χ0n) is 9.73. The number of hydrogen-bond acceptors (Lipinski definition) is 5. The molecule has 17 heavy (non-hydrogen) atoms. The second-order valence-electron chi connectivity index (χ2n) is 3.83. The number of rotatable bonds is 2. The Bertz CT molecular complexity index is 577. The SMILES string of the molecule is CC(=N)c1cc(-c2cncc(C)n2)cnc1N. The number of aromatic nitrogens is 3. The number of nitrogens with one attached hydrogen (secondary N) is 1. The van der Waals surface area contributed by atoms with Crippen molar-refractivity contribution in [2.45, 2.75) is 13.8 Å². The van der Waals surface area contributed by atoms with Gasteiger partial charge in [0.2, 0.25) is 0 Å². The first-order chi connectivity index (χ1) is 8.08. The highest BCUT2D eigenvalue weighted by Crippen LogP contribution is 2.20. The molecule has 0 aliphatic carbocycles. The van der Waals surface area contributed by atoms with E-state index in [1.165, 1.54) is 0 Å². The number of nitrogen functional groups attached to an aromatic ring is 1. The number of nitrogens with zero attached hydrogens (tertiary/aromatic N) is 3. The van der Waals surface area contributed by atoms with Crippen LogP contribution in [0.3, 0.4) is 0 Å². The minimum Gasteiger partial charge on any atom is -0.383 e. The van der Waals surface area contributed by atoms with Crippen LogP contribution in [0.25, 0.3) is 11.3 Å². The molecular weight excluding hydrogens is 214 g/mol. The molecule has 0 spiro atoms. The summed E-state index contributed by atoms with van der Waals surface area (Å²) in [6.07, 6.45) is 5.01. The molecule has 0 aliphatic rings. The summed E-state index contributed by atoms with van der Waals surface area (Å²) < 4.78 is 0. The summed E-state index contributed by atoms with van der Waals surface area (Å²) in [4.78, 5) is 12.5. The van der Waals surface area contributed by atoms with Crippen molar-refractivity contribution in [1.82, 2.24) is 15.0 Å². The molecule has 0 amide bonds. The lowest BCUT2D eigenvalue weighted by molar-refractivity contribution is 1.12. The van der Waals surface area contributed by atoms with Gasteiger partial charge in [0.25, 0.3) is 0 Å². The molecule has 2 aromatic heterocycles. The standard InChI is InChI=1S/C12H13N5/c1-7-4-15-6-11(17-7)9-3-10(8(2)13)12(14)16-5-9/h3-6,13H,1-2H3,(H2,14,16). The van der Waals surface area contributed by atoms with Crippen LogP contribution in [0.5, 0.6) is 0 Å². The van der Waals surface area contributed by atoms with Crippen LogP contribution >= 0.6 is 0 Å². The van der Waals surface area contributed by atoms with Crippen molar-refractivity contribution in [1.29, 1.82) is 5.41 Å². The summed E-state index contributed by atoms with van der Waals surface area (Å²) in [5, 5.41) is 7.62.